The van der Waals surface area contributed by atoms with E-state index in [4.69, 9.17) is 5.73 Å². The molecule has 108 valence electrons. The predicted octanol–water partition coefficient (Wildman–Crippen LogP) is 2.55. The number of amides is 1. The summed E-state index contributed by atoms with van der Waals surface area (Å²) >= 11 is 0. The van der Waals surface area contributed by atoms with E-state index in [0.29, 0.717) is 18.0 Å². The molecule has 1 rings (SSSR count). The van der Waals surface area contributed by atoms with E-state index < -0.39 is 0 Å². The monoisotopic (exact) mass is 272 g/mol. The molecule has 3 nitrogen and oxygen atoms in total. The summed E-state index contributed by atoms with van der Waals surface area (Å²) in [7, 11) is 0. The molecule has 1 unspecified atom stereocenters. The highest BCUT2D eigenvalue weighted by Crippen LogP contribution is 2.08. The molecule has 0 spiro atoms. The van der Waals surface area contributed by atoms with Gasteiger partial charge in [0, 0.05) is 17.2 Å². The maximum atomic E-state index is 12.1. The topological polar surface area (TPSA) is 55.1 Å². The average Bonchev–Trinajstić information content (AvgIpc) is 2.43. The Morgan fingerprint density at radius 2 is 2.05 bits per heavy atom. The first-order valence-corrected chi connectivity index (χ1v) is 7.12. The maximum Gasteiger partial charge on any atom is 0.251 e. The van der Waals surface area contributed by atoms with Crippen LogP contribution in [0.15, 0.2) is 24.3 Å². The van der Waals surface area contributed by atoms with Crippen LogP contribution >= 0.6 is 0 Å². The second kappa shape index (κ2) is 8.39. The van der Waals surface area contributed by atoms with Gasteiger partial charge in [-0.1, -0.05) is 31.8 Å². The van der Waals surface area contributed by atoms with Crippen LogP contribution in [0.5, 0.6) is 0 Å². The molecule has 1 atom stereocenters. The first-order chi connectivity index (χ1) is 9.52. The van der Waals surface area contributed by atoms with Crippen LogP contribution in [0.1, 0.15) is 49.5 Å². The molecule has 0 radical (unpaired) electrons. The molecule has 0 saturated heterocycles. The Balaban J connectivity index is 2.63. The minimum absolute atomic E-state index is 0.0438. The summed E-state index contributed by atoms with van der Waals surface area (Å²) in [6.07, 6.45) is 2.11. The summed E-state index contributed by atoms with van der Waals surface area (Å²) in [5, 5.41) is 3.02. The van der Waals surface area contributed by atoms with Gasteiger partial charge in [0.15, 0.2) is 0 Å². The van der Waals surface area contributed by atoms with E-state index >= 15 is 0 Å². The molecule has 20 heavy (non-hydrogen) atoms. The molecule has 0 fully saturated rings. The van der Waals surface area contributed by atoms with Crippen LogP contribution in [-0.2, 0) is 0 Å². The van der Waals surface area contributed by atoms with Crippen molar-refractivity contribution >= 4 is 5.91 Å². The lowest BCUT2D eigenvalue weighted by molar-refractivity contribution is 0.0937. The first-order valence-electron chi connectivity index (χ1n) is 7.12. The van der Waals surface area contributed by atoms with Gasteiger partial charge in [0.1, 0.15) is 0 Å². The molecule has 0 aliphatic carbocycles. The molecule has 1 aromatic carbocycles. The number of hydrogen-bond acceptors (Lipinski definition) is 2. The van der Waals surface area contributed by atoms with Crippen LogP contribution in [0.4, 0.5) is 0 Å². The molecule has 0 bridgehead atoms. The van der Waals surface area contributed by atoms with E-state index in [9.17, 15) is 4.79 Å². The van der Waals surface area contributed by atoms with Crippen LogP contribution in [-0.4, -0.2) is 18.5 Å². The molecular weight excluding hydrogens is 248 g/mol. The highest BCUT2D eigenvalue weighted by molar-refractivity contribution is 5.94. The molecule has 0 aromatic heterocycles. The fourth-order valence-electron chi connectivity index (χ4n) is 1.85. The van der Waals surface area contributed by atoms with Crippen molar-refractivity contribution < 1.29 is 4.79 Å². The largest absolute Gasteiger partial charge is 0.350 e. The molecule has 0 saturated carbocycles. The van der Waals surface area contributed by atoms with Crippen LogP contribution in [0.25, 0.3) is 0 Å². The van der Waals surface area contributed by atoms with Crippen molar-refractivity contribution in [3.05, 3.63) is 35.4 Å². The Morgan fingerprint density at radius 3 is 2.70 bits per heavy atom. The Morgan fingerprint density at radius 1 is 1.30 bits per heavy atom. The van der Waals surface area contributed by atoms with Crippen molar-refractivity contribution in [1.82, 2.24) is 5.32 Å². The fourth-order valence-corrected chi connectivity index (χ4v) is 1.85. The average molecular weight is 272 g/mol. The maximum absolute atomic E-state index is 12.1. The summed E-state index contributed by atoms with van der Waals surface area (Å²) in [6.45, 7) is 6.74. The van der Waals surface area contributed by atoms with Crippen LogP contribution in [0.2, 0.25) is 0 Å². The van der Waals surface area contributed by atoms with Gasteiger partial charge < -0.3 is 11.1 Å². The normalized spacial score (nSPS) is 11.7. The lowest BCUT2D eigenvalue weighted by Crippen LogP contribution is -2.32. The number of benzene rings is 1. The third kappa shape index (κ3) is 5.90. The van der Waals surface area contributed by atoms with E-state index in [-0.39, 0.29) is 11.9 Å². The van der Waals surface area contributed by atoms with Gasteiger partial charge in [-0.25, -0.2) is 0 Å². The third-order valence-corrected chi connectivity index (χ3v) is 3.01. The van der Waals surface area contributed by atoms with Gasteiger partial charge in [0.05, 0.1) is 6.54 Å². The molecule has 0 aliphatic heterocycles. The summed E-state index contributed by atoms with van der Waals surface area (Å²) in [5.74, 6) is 6.34. The zero-order valence-corrected chi connectivity index (χ0v) is 12.6. The quantitative estimate of drug-likeness (QED) is 0.809. The molecule has 3 N–H and O–H groups in total. The summed E-state index contributed by atoms with van der Waals surface area (Å²) < 4.78 is 0. The summed E-state index contributed by atoms with van der Waals surface area (Å²) in [6, 6.07) is 7.50. The lowest BCUT2D eigenvalue weighted by atomic mass is 10.0. The Hall–Kier alpha value is -1.79. The van der Waals surface area contributed by atoms with Crippen molar-refractivity contribution in [3.8, 4) is 11.8 Å². The van der Waals surface area contributed by atoms with Gasteiger partial charge in [-0.2, -0.15) is 0 Å². The number of nitrogens with one attached hydrogen (secondary N) is 1. The van der Waals surface area contributed by atoms with E-state index in [0.717, 1.165) is 18.4 Å². The molecular formula is C17H24N2O. The van der Waals surface area contributed by atoms with Crippen molar-refractivity contribution in [3.63, 3.8) is 0 Å². The van der Waals surface area contributed by atoms with Crippen LogP contribution in [0.3, 0.4) is 0 Å². The number of rotatable bonds is 5. The Bertz CT molecular complexity index is 497. The van der Waals surface area contributed by atoms with Crippen molar-refractivity contribution in [2.24, 2.45) is 11.7 Å². The van der Waals surface area contributed by atoms with Gasteiger partial charge in [0.25, 0.3) is 5.91 Å². The molecule has 1 amide bonds. The first kappa shape index (κ1) is 16.3. The molecule has 0 aliphatic rings. The smallest absolute Gasteiger partial charge is 0.251 e. The standard InChI is InChI=1S/C17H24N2O/c1-13(2)9-10-14(3)19-17(20)16-8-4-6-15(12-16)7-5-11-18/h4,6,8,12-14H,9-11,18H2,1-3H3,(H,19,20). The molecule has 1 aromatic rings. The molecule has 0 heterocycles. The van der Waals surface area contributed by atoms with Gasteiger partial charge in [-0.05, 0) is 43.9 Å². The summed E-state index contributed by atoms with van der Waals surface area (Å²) in [4.78, 5) is 12.1. The number of hydrogen-bond donors (Lipinski definition) is 2. The van der Waals surface area contributed by atoms with Gasteiger partial charge in [-0.3, -0.25) is 4.79 Å². The number of nitrogens with two attached hydrogens (primary N) is 1. The van der Waals surface area contributed by atoms with Gasteiger partial charge in [-0.15, -0.1) is 0 Å². The van der Waals surface area contributed by atoms with E-state index in [2.05, 4.69) is 31.0 Å². The Labute approximate surface area is 121 Å². The Kier molecular flexibility index (Phi) is 6.83. The fraction of sp³-hybridized carbons (Fsp3) is 0.471. The van der Waals surface area contributed by atoms with E-state index in [1.54, 1.807) is 12.1 Å². The van der Waals surface area contributed by atoms with E-state index in [1.165, 1.54) is 0 Å². The van der Waals surface area contributed by atoms with Gasteiger partial charge >= 0.3 is 0 Å². The van der Waals surface area contributed by atoms with Gasteiger partial charge in [0.2, 0.25) is 0 Å². The van der Waals surface area contributed by atoms with E-state index in [1.807, 2.05) is 19.1 Å². The second-order valence-electron chi connectivity index (χ2n) is 5.43. The van der Waals surface area contributed by atoms with Crippen LogP contribution < -0.4 is 11.1 Å². The van der Waals surface area contributed by atoms with Crippen LogP contribution in [0, 0.1) is 17.8 Å². The number of carbonyl (C=O) groups is 1. The van der Waals surface area contributed by atoms with Crippen molar-refractivity contribution in [1.29, 1.82) is 0 Å². The zero-order valence-electron chi connectivity index (χ0n) is 12.6. The minimum atomic E-state index is -0.0438. The van der Waals surface area contributed by atoms with Crippen molar-refractivity contribution in [2.45, 2.75) is 39.7 Å². The zero-order chi connectivity index (χ0) is 15.0. The SMILES string of the molecule is CC(C)CCC(C)NC(=O)c1cccc(C#CCN)c1. The highest BCUT2D eigenvalue weighted by atomic mass is 16.1. The third-order valence-electron chi connectivity index (χ3n) is 3.01. The lowest BCUT2D eigenvalue weighted by Gasteiger charge is -2.15. The molecule has 3 heteroatoms. The van der Waals surface area contributed by atoms with Crippen molar-refractivity contribution in [2.75, 3.05) is 6.54 Å². The minimum Gasteiger partial charge on any atom is -0.350 e. The second-order valence-corrected chi connectivity index (χ2v) is 5.43. The predicted molar refractivity (Wildman–Crippen MR) is 83.4 cm³/mol. The summed E-state index contributed by atoms with van der Waals surface area (Å²) in [5.41, 5.74) is 6.81. The highest BCUT2D eigenvalue weighted by Gasteiger charge is 2.10. The number of carbonyl (C=O) groups excluding carboxylic acids is 1.